The Hall–Kier alpha value is -1.70. The van der Waals surface area contributed by atoms with Gasteiger partial charge in [-0.3, -0.25) is 4.90 Å². The van der Waals surface area contributed by atoms with Gasteiger partial charge in [0.15, 0.2) is 11.5 Å². The van der Waals surface area contributed by atoms with Crippen molar-refractivity contribution in [1.29, 1.82) is 0 Å². The molecule has 2 aliphatic heterocycles. The molecule has 1 aromatic rings. The zero-order valence-corrected chi connectivity index (χ0v) is 14.6. The monoisotopic (exact) mass is 328 g/mol. The molecule has 2 fully saturated rings. The van der Waals surface area contributed by atoms with E-state index in [4.69, 9.17) is 15.9 Å². The molecule has 4 nitrogen and oxygen atoms in total. The summed E-state index contributed by atoms with van der Waals surface area (Å²) in [5.74, 6) is 4.09. The average Bonchev–Trinajstić information content (AvgIpc) is 2.63. The number of nitrogens with one attached hydrogen (secondary N) is 1. The largest absolute Gasteiger partial charge is 0.493 e. The Kier molecular flexibility index (Phi) is 5.65. The molecule has 0 unspecified atom stereocenters. The maximum absolute atomic E-state index is 5.76. The molecule has 24 heavy (non-hydrogen) atoms. The van der Waals surface area contributed by atoms with Crippen LogP contribution in [0, 0.1) is 17.8 Å². The Morgan fingerprint density at radius 1 is 1.21 bits per heavy atom. The van der Waals surface area contributed by atoms with Crippen molar-refractivity contribution >= 4 is 0 Å². The van der Waals surface area contributed by atoms with Crippen LogP contribution in [0.2, 0.25) is 0 Å². The second kappa shape index (κ2) is 7.92. The minimum absolute atomic E-state index is 0.267. The van der Waals surface area contributed by atoms with Crippen LogP contribution in [0.5, 0.6) is 11.5 Å². The topological polar surface area (TPSA) is 33.7 Å². The van der Waals surface area contributed by atoms with Crippen LogP contribution in [-0.2, 0) is 6.54 Å². The van der Waals surface area contributed by atoms with Crippen molar-refractivity contribution in [3.05, 3.63) is 23.8 Å². The van der Waals surface area contributed by atoms with Gasteiger partial charge in [-0.05, 0) is 63.3 Å². The van der Waals surface area contributed by atoms with Gasteiger partial charge in [0.2, 0.25) is 0 Å². The molecule has 0 aromatic heterocycles. The fourth-order valence-corrected chi connectivity index (χ4v) is 4.01. The van der Waals surface area contributed by atoms with Crippen molar-refractivity contribution in [1.82, 2.24) is 10.2 Å². The molecule has 0 atom stereocenters. The zero-order chi connectivity index (χ0) is 16.8. The number of para-hydroxylation sites is 1. The normalized spacial score (nSPS) is 20.5. The van der Waals surface area contributed by atoms with Gasteiger partial charge in [-0.2, -0.15) is 0 Å². The first-order valence-electron chi connectivity index (χ1n) is 8.91. The number of hydrogen-bond acceptors (Lipinski definition) is 4. The first-order valence-corrected chi connectivity index (χ1v) is 8.91. The van der Waals surface area contributed by atoms with Crippen molar-refractivity contribution in [2.24, 2.45) is 5.41 Å². The summed E-state index contributed by atoms with van der Waals surface area (Å²) in [6.07, 6.45) is 10.6. The maximum atomic E-state index is 5.76. The summed E-state index contributed by atoms with van der Waals surface area (Å²) in [5.41, 5.74) is 1.74. The predicted octanol–water partition coefficient (Wildman–Crippen LogP) is 2.67. The third-order valence-electron chi connectivity index (χ3n) is 5.56. The van der Waals surface area contributed by atoms with Gasteiger partial charge in [-0.15, -0.1) is 6.42 Å². The lowest BCUT2D eigenvalue weighted by atomic mass is 9.71. The van der Waals surface area contributed by atoms with Crippen molar-refractivity contribution in [2.45, 2.75) is 32.2 Å². The lowest BCUT2D eigenvalue weighted by Gasteiger charge is -2.44. The van der Waals surface area contributed by atoms with Crippen LogP contribution in [0.25, 0.3) is 0 Å². The summed E-state index contributed by atoms with van der Waals surface area (Å²) < 4.78 is 11.2. The summed E-state index contributed by atoms with van der Waals surface area (Å²) in [5, 5.41) is 3.49. The molecule has 2 heterocycles. The summed E-state index contributed by atoms with van der Waals surface area (Å²) in [6.45, 7) is 5.84. The van der Waals surface area contributed by atoms with Crippen LogP contribution in [0.3, 0.4) is 0 Å². The van der Waals surface area contributed by atoms with Gasteiger partial charge in [0.05, 0.1) is 7.11 Å². The van der Waals surface area contributed by atoms with E-state index in [0.717, 1.165) is 36.7 Å². The second-order valence-electron chi connectivity index (χ2n) is 6.97. The summed E-state index contributed by atoms with van der Waals surface area (Å²) in [6, 6.07) is 6.06. The molecule has 0 amide bonds. The Morgan fingerprint density at radius 2 is 1.96 bits per heavy atom. The molecular formula is C20H28N2O2. The lowest BCUT2D eigenvalue weighted by Crippen LogP contribution is -2.45. The van der Waals surface area contributed by atoms with E-state index in [9.17, 15) is 0 Å². The quantitative estimate of drug-likeness (QED) is 0.843. The molecule has 1 N–H and O–H groups in total. The van der Waals surface area contributed by atoms with Crippen molar-refractivity contribution < 1.29 is 9.47 Å². The fourth-order valence-electron chi connectivity index (χ4n) is 4.01. The van der Waals surface area contributed by atoms with E-state index in [1.807, 2.05) is 12.1 Å². The van der Waals surface area contributed by atoms with Gasteiger partial charge < -0.3 is 14.8 Å². The molecule has 130 valence electrons. The third kappa shape index (κ3) is 3.85. The molecule has 2 saturated heterocycles. The van der Waals surface area contributed by atoms with E-state index in [1.165, 1.54) is 38.8 Å². The van der Waals surface area contributed by atoms with E-state index in [2.05, 4.69) is 22.2 Å². The highest BCUT2D eigenvalue weighted by Gasteiger charge is 2.35. The molecule has 0 bridgehead atoms. The fraction of sp³-hybridized carbons (Fsp3) is 0.600. The Bertz CT molecular complexity index is 578. The highest BCUT2D eigenvalue weighted by Crippen LogP contribution is 2.40. The van der Waals surface area contributed by atoms with E-state index >= 15 is 0 Å². The molecule has 3 rings (SSSR count). The van der Waals surface area contributed by atoms with Gasteiger partial charge in [-0.25, -0.2) is 0 Å². The molecule has 4 heteroatoms. The Balaban J connectivity index is 1.65. The minimum atomic E-state index is 0.267. The van der Waals surface area contributed by atoms with E-state index in [0.29, 0.717) is 5.41 Å². The number of ether oxygens (including phenoxy) is 2. The van der Waals surface area contributed by atoms with Crippen LogP contribution in [0.15, 0.2) is 18.2 Å². The first kappa shape index (κ1) is 17.1. The number of terminal acetylenes is 1. The van der Waals surface area contributed by atoms with Crippen LogP contribution < -0.4 is 14.8 Å². The highest BCUT2D eigenvalue weighted by molar-refractivity contribution is 5.46. The summed E-state index contributed by atoms with van der Waals surface area (Å²) >= 11 is 0. The number of hydrogen-bond donors (Lipinski definition) is 1. The summed E-state index contributed by atoms with van der Waals surface area (Å²) in [7, 11) is 1.67. The van der Waals surface area contributed by atoms with Crippen LogP contribution in [-0.4, -0.2) is 44.8 Å². The first-order chi connectivity index (χ1) is 11.8. The third-order valence-corrected chi connectivity index (χ3v) is 5.56. The van der Waals surface area contributed by atoms with Crippen molar-refractivity contribution in [3.63, 3.8) is 0 Å². The van der Waals surface area contributed by atoms with Gasteiger partial charge in [-0.1, -0.05) is 18.1 Å². The molecular weight excluding hydrogens is 300 g/mol. The maximum Gasteiger partial charge on any atom is 0.167 e. The van der Waals surface area contributed by atoms with Gasteiger partial charge >= 0.3 is 0 Å². The molecule has 0 aliphatic carbocycles. The molecule has 1 spiro atoms. The van der Waals surface area contributed by atoms with Gasteiger partial charge in [0, 0.05) is 12.1 Å². The smallest absolute Gasteiger partial charge is 0.167 e. The average molecular weight is 328 g/mol. The lowest BCUT2D eigenvalue weighted by molar-refractivity contribution is 0.0696. The van der Waals surface area contributed by atoms with Crippen LogP contribution in [0.1, 0.15) is 31.2 Å². The van der Waals surface area contributed by atoms with E-state index < -0.39 is 0 Å². The van der Waals surface area contributed by atoms with Crippen molar-refractivity contribution in [3.8, 4) is 23.8 Å². The summed E-state index contributed by atoms with van der Waals surface area (Å²) in [4.78, 5) is 2.53. The number of piperidine rings is 2. The molecule has 2 aliphatic rings. The van der Waals surface area contributed by atoms with Crippen LogP contribution in [0.4, 0.5) is 0 Å². The number of likely N-dealkylation sites (tertiary alicyclic amines) is 1. The number of benzene rings is 1. The molecule has 0 saturated carbocycles. The van der Waals surface area contributed by atoms with Crippen molar-refractivity contribution in [2.75, 3.05) is 39.9 Å². The number of nitrogens with zero attached hydrogens (tertiary/aromatic N) is 1. The van der Waals surface area contributed by atoms with E-state index in [1.54, 1.807) is 7.11 Å². The predicted molar refractivity (Wildman–Crippen MR) is 96.4 cm³/mol. The van der Waals surface area contributed by atoms with E-state index in [-0.39, 0.29) is 6.61 Å². The van der Waals surface area contributed by atoms with Gasteiger partial charge in [0.1, 0.15) is 6.61 Å². The SMILES string of the molecule is C#CCOc1c(CN2CCC3(CCNCC3)CC2)cccc1OC. The Labute approximate surface area is 145 Å². The number of methoxy groups -OCH3 is 1. The highest BCUT2D eigenvalue weighted by atomic mass is 16.5. The minimum Gasteiger partial charge on any atom is -0.493 e. The van der Waals surface area contributed by atoms with Crippen LogP contribution >= 0.6 is 0 Å². The number of rotatable bonds is 5. The van der Waals surface area contributed by atoms with Gasteiger partial charge in [0.25, 0.3) is 0 Å². The molecule has 1 aromatic carbocycles. The zero-order valence-electron chi connectivity index (χ0n) is 14.6. The Morgan fingerprint density at radius 3 is 2.62 bits per heavy atom. The molecule has 0 radical (unpaired) electrons. The second-order valence-corrected chi connectivity index (χ2v) is 6.97. The standard InChI is InChI=1S/C20H28N2O2/c1-3-15-24-19-17(5-4-6-18(19)23-2)16-22-13-9-20(10-14-22)7-11-21-12-8-20/h1,4-6,21H,7-16H2,2H3.